The van der Waals surface area contributed by atoms with Gasteiger partial charge >= 0.3 is 0 Å². The van der Waals surface area contributed by atoms with Gasteiger partial charge in [0.2, 0.25) is 5.96 Å². The number of nitrogens with one attached hydrogen (secondary N) is 2. The van der Waals surface area contributed by atoms with Gasteiger partial charge in [-0.05, 0) is 74.2 Å². The van der Waals surface area contributed by atoms with Gasteiger partial charge in [0.15, 0.2) is 0 Å². The minimum Gasteiger partial charge on any atom is -0.383 e. The molecule has 8 nitrogen and oxygen atoms in total. The molecule has 36 heavy (non-hydrogen) atoms. The molecule has 2 aliphatic rings. The molecule has 0 saturated heterocycles. The molecule has 0 spiro atoms. The molecule has 1 fully saturated rings. The maximum absolute atomic E-state index is 12.3. The maximum atomic E-state index is 12.3. The van der Waals surface area contributed by atoms with Crippen LogP contribution in [0.5, 0.6) is 0 Å². The highest BCUT2D eigenvalue weighted by Crippen LogP contribution is 2.39. The lowest BCUT2D eigenvalue weighted by Gasteiger charge is -2.32. The predicted molar refractivity (Wildman–Crippen MR) is 144 cm³/mol. The first kappa shape index (κ1) is 23.8. The Bertz CT molecular complexity index is 1380. The average Bonchev–Trinajstić information content (AvgIpc) is 3.59. The number of carbonyl (C=O) groups excluding carboxylic acids is 1. The van der Waals surface area contributed by atoms with Gasteiger partial charge in [0.25, 0.3) is 5.91 Å². The van der Waals surface area contributed by atoms with Crippen molar-refractivity contribution in [3.05, 3.63) is 76.9 Å². The van der Waals surface area contributed by atoms with E-state index >= 15 is 0 Å². The molecular formula is C28H33N7O. The van der Waals surface area contributed by atoms with Crippen LogP contribution in [0.15, 0.2) is 58.9 Å². The minimum absolute atomic E-state index is 0.0427. The van der Waals surface area contributed by atoms with Gasteiger partial charge in [-0.2, -0.15) is 4.99 Å². The van der Waals surface area contributed by atoms with Crippen LogP contribution in [0.3, 0.4) is 0 Å². The van der Waals surface area contributed by atoms with Crippen molar-refractivity contribution < 1.29 is 4.79 Å². The zero-order chi connectivity index (χ0) is 25.4. The van der Waals surface area contributed by atoms with E-state index in [-0.39, 0.29) is 11.3 Å². The minimum atomic E-state index is -0.167. The van der Waals surface area contributed by atoms with Crippen LogP contribution in [0.4, 0.5) is 5.69 Å². The molecule has 3 aromatic rings. The fourth-order valence-corrected chi connectivity index (χ4v) is 4.60. The summed E-state index contributed by atoms with van der Waals surface area (Å²) in [5.41, 5.74) is 12.9. The van der Waals surface area contributed by atoms with E-state index < -0.39 is 0 Å². The lowest BCUT2D eigenvalue weighted by molar-refractivity contribution is 0.0930. The Morgan fingerprint density at radius 3 is 2.78 bits per heavy atom. The molecule has 1 aliphatic heterocycles. The summed E-state index contributed by atoms with van der Waals surface area (Å²) in [5.74, 6) is 1.39. The number of fused-ring (bicyclic) bond motifs is 1. The number of imidazole rings is 1. The van der Waals surface area contributed by atoms with E-state index in [0.717, 1.165) is 33.8 Å². The number of carbonyl (C=O) groups is 1. The number of amides is 1. The highest BCUT2D eigenvalue weighted by Gasteiger charge is 2.31. The van der Waals surface area contributed by atoms with Crippen molar-refractivity contribution in [1.82, 2.24) is 14.9 Å². The Balaban J connectivity index is 1.38. The molecule has 1 saturated carbocycles. The van der Waals surface area contributed by atoms with Gasteiger partial charge in [-0.1, -0.05) is 13.8 Å². The molecule has 2 heterocycles. The first-order valence-corrected chi connectivity index (χ1v) is 12.5. The summed E-state index contributed by atoms with van der Waals surface area (Å²) in [4.78, 5) is 26.0. The van der Waals surface area contributed by atoms with Crippen LogP contribution in [-0.2, 0) is 5.41 Å². The Hall–Kier alpha value is -3.94. The second kappa shape index (κ2) is 9.26. The van der Waals surface area contributed by atoms with Gasteiger partial charge in [-0.15, -0.1) is 0 Å². The van der Waals surface area contributed by atoms with Crippen molar-refractivity contribution in [2.24, 2.45) is 15.7 Å². The van der Waals surface area contributed by atoms with Crippen LogP contribution >= 0.6 is 0 Å². The van der Waals surface area contributed by atoms with E-state index in [2.05, 4.69) is 57.1 Å². The SMILES string of the molecule is CCN=C(/N=C(\N)c1ccc(-n2cnc(C3CC3)c2)c(C)c1)Nc1ccc2c(c1)C(C)(C)CNC2=O. The molecular weight excluding hydrogens is 450 g/mol. The standard InChI is InChI=1S/C28H33N7O/c1-5-30-27(33-20-9-10-21-22(13-20)28(3,4)15-31-26(21)36)34-25(29)19-8-11-24(17(2)12-19)35-14-23(32-16-35)18-6-7-18/h8-14,16,18H,5-7,15H2,1-4H3,(H,31,36)(H3,29,30,33,34). The van der Waals surface area contributed by atoms with E-state index in [4.69, 9.17) is 5.73 Å². The van der Waals surface area contributed by atoms with Gasteiger partial charge < -0.3 is 20.9 Å². The highest BCUT2D eigenvalue weighted by molar-refractivity contribution is 6.08. The summed E-state index contributed by atoms with van der Waals surface area (Å²) < 4.78 is 2.07. The average molecular weight is 484 g/mol. The third kappa shape index (κ3) is 4.76. The molecule has 0 unspecified atom stereocenters. The van der Waals surface area contributed by atoms with Crippen LogP contribution in [0.25, 0.3) is 5.69 Å². The molecule has 1 amide bonds. The molecule has 0 atom stereocenters. The molecule has 1 aliphatic carbocycles. The van der Waals surface area contributed by atoms with Gasteiger partial charge in [0, 0.05) is 53.1 Å². The summed E-state index contributed by atoms with van der Waals surface area (Å²) in [6.45, 7) is 9.41. The van der Waals surface area contributed by atoms with E-state index in [1.165, 1.54) is 12.8 Å². The number of nitrogens with zero attached hydrogens (tertiary/aromatic N) is 4. The van der Waals surface area contributed by atoms with Crippen molar-refractivity contribution in [2.45, 2.75) is 51.9 Å². The molecule has 0 radical (unpaired) electrons. The largest absolute Gasteiger partial charge is 0.383 e. The fourth-order valence-electron chi connectivity index (χ4n) is 4.60. The Kier molecular flexibility index (Phi) is 6.12. The maximum Gasteiger partial charge on any atom is 0.251 e. The zero-order valence-electron chi connectivity index (χ0n) is 21.3. The summed E-state index contributed by atoms with van der Waals surface area (Å²) in [5, 5.41) is 6.25. The molecule has 5 rings (SSSR count). The Morgan fingerprint density at radius 2 is 2.06 bits per heavy atom. The molecule has 1 aromatic heterocycles. The predicted octanol–water partition coefficient (Wildman–Crippen LogP) is 4.27. The summed E-state index contributed by atoms with van der Waals surface area (Å²) in [7, 11) is 0. The van der Waals surface area contributed by atoms with Crippen LogP contribution < -0.4 is 16.4 Å². The van der Waals surface area contributed by atoms with Crippen LogP contribution in [-0.4, -0.2) is 40.3 Å². The van der Waals surface area contributed by atoms with E-state index in [1.54, 1.807) is 0 Å². The highest BCUT2D eigenvalue weighted by atomic mass is 16.1. The third-order valence-corrected chi connectivity index (χ3v) is 6.84. The smallest absolute Gasteiger partial charge is 0.251 e. The van der Waals surface area contributed by atoms with Crippen molar-refractivity contribution in [1.29, 1.82) is 0 Å². The van der Waals surface area contributed by atoms with Crippen molar-refractivity contribution in [2.75, 3.05) is 18.4 Å². The number of hydrogen-bond donors (Lipinski definition) is 3. The van der Waals surface area contributed by atoms with Crippen molar-refractivity contribution >= 4 is 23.4 Å². The third-order valence-electron chi connectivity index (χ3n) is 6.84. The Morgan fingerprint density at radius 1 is 1.25 bits per heavy atom. The van der Waals surface area contributed by atoms with Crippen molar-refractivity contribution in [3.63, 3.8) is 0 Å². The second-order valence-electron chi connectivity index (χ2n) is 10.2. The van der Waals surface area contributed by atoms with Gasteiger partial charge in [0.05, 0.1) is 12.0 Å². The number of amidine groups is 1. The monoisotopic (exact) mass is 483 g/mol. The molecule has 8 heteroatoms. The number of aryl methyl sites for hydroxylation is 1. The summed E-state index contributed by atoms with van der Waals surface area (Å²) in [6.07, 6.45) is 6.47. The lowest BCUT2D eigenvalue weighted by atomic mass is 9.79. The first-order valence-electron chi connectivity index (χ1n) is 12.5. The topological polar surface area (TPSA) is 110 Å². The number of aliphatic imine (C=N–C) groups is 2. The first-order chi connectivity index (χ1) is 17.2. The summed E-state index contributed by atoms with van der Waals surface area (Å²) >= 11 is 0. The molecule has 2 aromatic carbocycles. The van der Waals surface area contributed by atoms with E-state index in [9.17, 15) is 4.79 Å². The zero-order valence-corrected chi connectivity index (χ0v) is 21.3. The number of benzene rings is 2. The second-order valence-corrected chi connectivity index (χ2v) is 10.2. The fraction of sp³-hybridized carbons (Fsp3) is 0.357. The molecule has 4 N–H and O–H groups in total. The van der Waals surface area contributed by atoms with E-state index in [1.807, 2.05) is 49.6 Å². The van der Waals surface area contributed by atoms with Crippen molar-refractivity contribution in [3.8, 4) is 5.69 Å². The van der Waals surface area contributed by atoms with Crippen LogP contribution in [0.1, 0.15) is 72.3 Å². The lowest BCUT2D eigenvalue weighted by Crippen LogP contribution is -2.43. The molecule has 0 bridgehead atoms. The van der Waals surface area contributed by atoms with Crippen LogP contribution in [0, 0.1) is 6.92 Å². The van der Waals surface area contributed by atoms with E-state index in [0.29, 0.717) is 36.4 Å². The summed E-state index contributed by atoms with van der Waals surface area (Å²) in [6, 6.07) is 11.8. The Labute approximate surface area is 211 Å². The number of hydrogen-bond acceptors (Lipinski definition) is 3. The number of aromatic nitrogens is 2. The van der Waals surface area contributed by atoms with Crippen LogP contribution in [0.2, 0.25) is 0 Å². The quantitative estimate of drug-likeness (QED) is 0.372. The number of rotatable bonds is 5. The molecule has 186 valence electrons. The van der Waals surface area contributed by atoms with Gasteiger partial charge in [0.1, 0.15) is 5.84 Å². The number of anilines is 1. The number of nitrogens with two attached hydrogens (primary N) is 1. The van der Waals surface area contributed by atoms with Gasteiger partial charge in [-0.25, -0.2) is 4.98 Å². The number of guanidine groups is 1. The van der Waals surface area contributed by atoms with Gasteiger partial charge in [-0.3, -0.25) is 9.79 Å². The normalized spacial score (nSPS) is 17.5.